The normalized spacial score (nSPS) is 12.2. The van der Waals surface area contributed by atoms with Crippen LogP contribution in [0.5, 0.6) is 5.75 Å². The van der Waals surface area contributed by atoms with Gasteiger partial charge >= 0.3 is 0 Å². The number of benzene rings is 1. The van der Waals surface area contributed by atoms with Crippen molar-refractivity contribution >= 4 is 0 Å². The lowest BCUT2D eigenvalue weighted by Crippen LogP contribution is -2.20. The summed E-state index contributed by atoms with van der Waals surface area (Å²) in [6, 6.07) is 9.80. The van der Waals surface area contributed by atoms with E-state index in [1.165, 1.54) is 89.9 Å². The fourth-order valence-corrected chi connectivity index (χ4v) is 3.84. The van der Waals surface area contributed by atoms with Gasteiger partial charge in [0.25, 0.3) is 0 Å². The van der Waals surface area contributed by atoms with Crippen molar-refractivity contribution in [3.8, 4) is 5.75 Å². The topological polar surface area (TPSA) is 49.7 Å². The predicted octanol–water partition coefficient (Wildman–Crippen LogP) is 7.05. The molecule has 2 N–H and O–H groups in total. The molecule has 3 heteroatoms. The quantitative estimate of drug-likeness (QED) is 0.215. The Kier molecular flexibility index (Phi) is 18.1. The molecule has 0 aliphatic rings. The van der Waals surface area contributed by atoms with Crippen LogP contribution in [-0.4, -0.2) is 29.5 Å². The van der Waals surface area contributed by atoms with Crippen LogP contribution >= 0.6 is 0 Å². The van der Waals surface area contributed by atoms with Crippen LogP contribution in [0, 0.1) is 0 Å². The number of aliphatic hydroxyl groups is 2. The average molecular weight is 407 g/mol. The van der Waals surface area contributed by atoms with Gasteiger partial charge in [-0.3, -0.25) is 0 Å². The molecule has 3 nitrogen and oxygen atoms in total. The van der Waals surface area contributed by atoms with Gasteiger partial charge in [0, 0.05) is 6.61 Å². The Bertz CT molecular complexity index is 435. The Labute approximate surface area is 179 Å². The fraction of sp³-hybridized carbons (Fsp3) is 0.769. The van der Waals surface area contributed by atoms with Crippen molar-refractivity contribution in [1.29, 1.82) is 0 Å². The summed E-state index contributed by atoms with van der Waals surface area (Å²) >= 11 is 0. The van der Waals surface area contributed by atoms with E-state index in [-0.39, 0.29) is 12.7 Å². The summed E-state index contributed by atoms with van der Waals surface area (Å²) in [5.41, 5.74) is 0. The zero-order chi connectivity index (χ0) is 20.8. The predicted molar refractivity (Wildman–Crippen MR) is 124 cm³/mol. The van der Waals surface area contributed by atoms with E-state index >= 15 is 0 Å². The first-order valence-electron chi connectivity index (χ1n) is 12.3. The molecule has 0 aliphatic carbocycles. The van der Waals surface area contributed by atoms with Gasteiger partial charge in [0.15, 0.2) is 0 Å². The third-order valence-corrected chi connectivity index (χ3v) is 5.68. The molecule has 1 atom stereocenters. The van der Waals surface area contributed by atoms with Gasteiger partial charge in [-0.05, 0) is 31.4 Å². The van der Waals surface area contributed by atoms with Crippen molar-refractivity contribution < 1.29 is 14.9 Å². The number of para-hydroxylation sites is 1. The minimum Gasteiger partial charge on any atom is -0.488 e. The highest BCUT2D eigenvalue weighted by atomic mass is 16.5. The Morgan fingerprint density at radius 3 is 1.38 bits per heavy atom. The lowest BCUT2D eigenvalue weighted by Gasteiger charge is -2.16. The van der Waals surface area contributed by atoms with Crippen LogP contribution in [0.1, 0.15) is 109 Å². The van der Waals surface area contributed by atoms with Crippen LogP contribution in [0.25, 0.3) is 0 Å². The number of hydrogen-bond donors (Lipinski definition) is 2. The monoisotopic (exact) mass is 406 g/mol. The van der Waals surface area contributed by atoms with Gasteiger partial charge in [-0.2, -0.15) is 0 Å². The molecular weight excluding hydrogens is 360 g/mol. The Morgan fingerprint density at radius 2 is 0.966 bits per heavy atom. The SMILES string of the molecule is OCCCCCCCCCCCCCCCCCCC(CO)Oc1ccccc1. The van der Waals surface area contributed by atoms with E-state index in [0.29, 0.717) is 6.61 Å². The van der Waals surface area contributed by atoms with Crippen LogP contribution in [0.4, 0.5) is 0 Å². The number of hydrogen-bond acceptors (Lipinski definition) is 3. The van der Waals surface area contributed by atoms with Crippen molar-refractivity contribution in [2.24, 2.45) is 0 Å². The van der Waals surface area contributed by atoms with E-state index in [0.717, 1.165) is 25.0 Å². The molecule has 1 rings (SSSR count). The molecule has 0 heterocycles. The Balaban J connectivity index is 1.79. The van der Waals surface area contributed by atoms with Crippen LogP contribution < -0.4 is 4.74 Å². The summed E-state index contributed by atoms with van der Waals surface area (Å²) in [6.07, 6.45) is 21.8. The third kappa shape index (κ3) is 16.4. The van der Waals surface area contributed by atoms with Crippen molar-refractivity contribution in [3.63, 3.8) is 0 Å². The molecule has 0 saturated heterocycles. The first-order chi connectivity index (χ1) is 14.4. The largest absolute Gasteiger partial charge is 0.488 e. The number of unbranched alkanes of at least 4 members (excludes halogenated alkanes) is 15. The van der Waals surface area contributed by atoms with Crippen molar-refractivity contribution in [3.05, 3.63) is 30.3 Å². The lowest BCUT2D eigenvalue weighted by molar-refractivity contribution is 0.106. The second-order valence-corrected chi connectivity index (χ2v) is 8.40. The first kappa shape index (κ1) is 26.0. The van der Waals surface area contributed by atoms with Crippen LogP contribution in [0.2, 0.25) is 0 Å². The molecule has 0 aromatic heterocycles. The standard InChI is InChI=1S/C26H46O3/c27-23-19-14-12-10-8-6-4-2-1-3-5-7-9-11-13-16-22-26(24-28)29-25-20-17-15-18-21-25/h15,17-18,20-21,26-28H,1-14,16,19,22-24H2. The van der Waals surface area contributed by atoms with Gasteiger partial charge in [-0.25, -0.2) is 0 Å². The summed E-state index contributed by atoms with van der Waals surface area (Å²) < 4.78 is 5.83. The molecule has 0 fully saturated rings. The van der Waals surface area contributed by atoms with Gasteiger partial charge in [0.2, 0.25) is 0 Å². The highest BCUT2D eigenvalue weighted by molar-refractivity contribution is 5.21. The molecule has 1 aromatic carbocycles. The summed E-state index contributed by atoms with van der Waals surface area (Å²) in [5, 5.41) is 18.2. The van der Waals surface area contributed by atoms with E-state index in [4.69, 9.17) is 9.84 Å². The van der Waals surface area contributed by atoms with Gasteiger partial charge in [0.05, 0.1) is 6.61 Å². The number of ether oxygens (including phenoxy) is 1. The molecule has 0 bridgehead atoms. The van der Waals surface area contributed by atoms with E-state index < -0.39 is 0 Å². The lowest BCUT2D eigenvalue weighted by atomic mass is 10.0. The maximum atomic E-state index is 9.49. The smallest absolute Gasteiger partial charge is 0.122 e. The first-order valence-corrected chi connectivity index (χ1v) is 12.3. The van der Waals surface area contributed by atoms with Gasteiger partial charge < -0.3 is 14.9 Å². The average Bonchev–Trinajstić information content (AvgIpc) is 2.75. The molecule has 0 spiro atoms. The second-order valence-electron chi connectivity index (χ2n) is 8.40. The van der Waals surface area contributed by atoms with Gasteiger partial charge in [-0.15, -0.1) is 0 Å². The molecule has 1 unspecified atom stereocenters. The second kappa shape index (κ2) is 20.2. The molecule has 0 aliphatic heterocycles. The van der Waals surface area contributed by atoms with Crippen molar-refractivity contribution in [2.45, 2.75) is 115 Å². The molecule has 168 valence electrons. The third-order valence-electron chi connectivity index (χ3n) is 5.68. The maximum Gasteiger partial charge on any atom is 0.122 e. The summed E-state index contributed by atoms with van der Waals surface area (Å²) in [6.45, 7) is 0.451. The zero-order valence-electron chi connectivity index (χ0n) is 18.7. The van der Waals surface area contributed by atoms with Crippen LogP contribution in [0.15, 0.2) is 30.3 Å². The summed E-state index contributed by atoms with van der Waals surface area (Å²) in [5.74, 6) is 0.851. The summed E-state index contributed by atoms with van der Waals surface area (Å²) in [7, 11) is 0. The molecule has 1 aromatic rings. The highest BCUT2D eigenvalue weighted by Gasteiger charge is 2.08. The van der Waals surface area contributed by atoms with Crippen LogP contribution in [0.3, 0.4) is 0 Å². The van der Waals surface area contributed by atoms with Crippen molar-refractivity contribution in [2.75, 3.05) is 13.2 Å². The molecule has 29 heavy (non-hydrogen) atoms. The molecule has 0 saturated carbocycles. The molecule has 0 radical (unpaired) electrons. The zero-order valence-corrected chi connectivity index (χ0v) is 18.7. The number of aliphatic hydroxyl groups excluding tert-OH is 2. The Hall–Kier alpha value is -1.06. The maximum absolute atomic E-state index is 9.49. The highest BCUT2D eigenvalue weighted by Crippen LogP contribution is 2.16. The van der Waals surface area contributed by atoms with E-state index in [1.54, 1.807) is 0 Å². The fourth-order valence-electron chi connectivity index (χ4n) is 3.84. The van der Waals surface area contributed by atoms with E-state index in [1.807, 2.05) is 30.3 Å². The van der Waals surface area contributed by atoms with E-state index in [9.17, 15) is 5.11 Å². The number of rotatable bonds is 21. The van der Waals surface area contributed by atoms with Gasteiger partial charge in [0.1, 0.15) is 11.9 Å². The Morgan fingerprint density at radius 1 is 0.552 bits per heavy atom. The van der Waals surface area contributed by atoms with Gasteiger partial charge in [-0.1, -0.05) is 108 Å². The van der Waals surface area contributed by atoms with E-state index in [2.05, 4.69) is 0 Å². The minimum absolute atomic E-state index is 0.0714. The van der Waals surface area contributed by atoms with Crippen molar-refractivity contribution in [1.82, 2.24) is 0 Å². The minimum atomic E-state index is -0.0714. The molecule has 0 amide bonds. The summed E-state index contributed by atoms with van der Waals surface area (Å²) in [4.78, 5) is 0. The molecular formula is C26H46O3. The van der Waals surface area contributed by atoms with Crippen LogP contribution in [-0.2, 0) is 0 Å².